The number of nitrogens with zero attached hydrogens (tertiary/aromatic N) is 3. The number of benzene rings is 1. The molecule has 21 heavy (non-hydrogen) atoms. The van der Waals surface area contributed by atoms with Crippen LogP contribution in [0, 0.1) is 0 Å². The zero-order chi connectivity index (χ0) is 15.6. The van der Waals surface area contributed by atoms with Gasteiger partial charge in [0.2, 0.25) is 15.3 Å². The Morgan fingerprint density at radius 2 is 1.95 bits per heavy atom. The fourth-order valence-corrected chi connectivity index (χ4v) is 3.02. The summed E-state index contributed by atoms with van der Waals surface area (Å²) in [5, 5.41) is 3.02. The second-order valence-electron chi connectivity index (χ2n) is 4.24. The first-order valence-corrected chi connectivity index (χ1v) is 8.40. The van der Waals surface area contributed by atoms with E-state index in [1.54, 1.807) is 18.2 Å². The highest BCUT2D eigenvalue weighted by Gasteiger charge is 2.21. The van der Waals surface area contributed by atoms with Gasteiger partial charge in [-0.05, 0) is 39.7 Å². The minimum Gasteiger partial charge on any atom is -0.338 e. The molecule has 0 aliphatic rings. The molecule has 0 bridgehead atoms. The molecule has 112 valence electrons. The molecule has 2 rings (SSSR count). The largest absolute Gasteiger partial charge is 0.338 e. The van der Waals surface area contributed by atoms with Crippen molar-refractivity contribution in [2.45, 2.75) is 4.90 Å². The van der Waals surface area contributed by atoms with Crippen molar-refractivity contribution in [3.63, 3.8) is 0 Å². The molecular weight excluding hydrogens is 380 g/mol. The van der Waals surface area contributed by atoms with Crippen LogP contribution in [0.3, 0.4) is 0 Å². The average molecular weight is 392 g/mol. The van der Waals surface area contributed by atoms with Gasteiger partial charge in [-0.15, -0.1) is 0 Å². The van der Waals surface area contributed by atoms with Crippen LogP contribution in [0.1, 0.15) is 0 Å². The topological polar surface area (TPSA) is 75.2 Å². The molecule has 0 aliphatic heterocycles. The van der Waals surface area contributed by atoms with Gasteiger partial charge in [0.25, 0.3) is 0 Å². The fourth-order valence-electron chi connectivity index (χ4n) is 1.55. The zero-order valence-corrected chi connectivity index (χ0v) is 14.4. The van der Waals surface area contributed by atoms with Crippen LogP contribution in [0.15, 0.2) is 39.8 Å². The van der Waals surface area contributed by atoms with E-state index in [2.05, 4.69) is 31.2 Å². The minimum atomic E-state index is -3.57. The maximum Gasteiger partial charge on any atom is 0.244 e. The summed E-state index contributed by atoms with van der Waals surface area (Å²) in [7, 11) is -0.620. The van der Waals surface area contributed by atoms with Crippen molar-refractivity contribution in [1.82, 2.24) is 14.3 Å². The van der Waals surface area contributed by atoms with Crippen LogP contribution >= 0.6 is 27.5 Å². The van der Waals surface area contributed by atoms with E-state index in [0.717, 1.165) is 4.31 Å². The number of sulfonamides is 1. The second kappa shape index (κ2) is 6.27. The Kier molecular flexibility index (Phi) is 4.82. The van der Waals surface area contributed by atoms with Crippen LogP contribution in [0.25, 0.3) is 0 Å². The number of hydrogen-bond acceptors (Lipinski definition) is 5. The Hall–Kier alpha value is -1.22. The van der Waals surface area contributed by atoms with Crippen molar-refractivity contribution in [2.24, 2.45) is 0 Å². The Bertz CT molecular complexity index is 768. The quantitative estimate of drug-likeness (QED) is 0.811. The number of rotatable bonds is 4. The predicted molar refractivity (Wildman–Crippen MR) is 85.3 cm³/mol. The van der Waals surface area contributed by atoms with Crippen LogP contribution in [-0.2, 0) is 10.0 Å². The summed E-state index contributed by atoms with van der Waals surface area (Å²) in [6.45, 7) is 0. The molecule has 0 saturated carbocycles. The van der Waals surface area contributed by atoms with Crippen molar-refractivity contribution < 1.29 is 8.42 Å². The zero-order valence-electron chi connectivity index (χ0n) is 11.2. The van der Waals surface area contributed by atoms with Crippen molar-refractivity contribution in [2.75, 3.05) is 19.4 Å². The molecule has 0 saturated heterocycles. The lowest BCUT2D eigenvalue weighted by Crippen LogP contribution is -2.23. The summed E-state index contributed by atoms with van der Waals surface area (Å²) in [5.41, 5.74) is 0.404. The monoisotopic (exact) mass is 390 g/mol. The number of anilines is 2. The molecule has 1 aromatic carbocycles. The van der Waals surface area contributed by atoms with Crippen LogP contribution < -0.4 is 5.32 Å². The Labute approximate surface area is 136 Å². The van der Waals surface area contributed by atoms with E-state index in [4.69, 9.17) is 11.6 Å². The van der Waals surface area contributed by atoms with E-state index in [1.165, 1.54) is 26.4 Å². The molecule has 0 spiro atoms. The summed E-state index contributed by atoms with van der Waals surface area (Å²) in [4.78, 5) is 7.99. The maximum atomic E-state index is 12.3. The molecule has 1 heterocycles. The Balaban J connectivity index is 2.49. The predicted octanol–water partition coefficient (Wildman–Crippen LogP) is 2.89. The minimum absolute atomic E-state index is 0.0636. The van der Waals surface area contributed by atoms with Gasteiger partial charge in [0, 0.05) is 20.3 Å². The summed E-state index contributed by atoms with van der Waals surface area (Å²) < 4.78 is 26.3. The molecule has 0 amide bonds. The van der Waals surface area contributed by atoms with Crippen molar-refractivity contribution in [3.05, 3.63) is 40.2 Å². The molecule has 0 aliphatic carbocycles. The van der Waals surface area contributed by atoms with Gasteiger partial charge >= 0.3 is 0 Å². The van der Waals surface area contributed by atoms with Crippen molar-refractivity contribution in [3.8, 4) is 0 Å². The lowest BCUT2D eigenvalue weighted by Gasteiger charge is -2.16. The van der Waals surface area contributed by atoms with Gasteiger partial charge in [0.15, 0.2) is 0 Å². The highest BCUT2D eigenvalue weighted by atomic mass is 79.9. The summed E-state index contributed by atoms with van der Waals surface area (Å²) >= 11 is 9.04. The third kappa shape index (κ3) is 3.52. The molecule has 6 nitrogen and oxygen atoms in total. The number of halogens is 2. The van der Waals surface area contributed by atoms with E-state index >= 15 is 0 Å². The van der Waals surface area contributed by atoms with Crippen LogP contribution in [0.4, 0.5) is 11.5 Å². The van der Waals surface area contributed by atoms with E-state index in [1.807, 2.05) is 0 Å². The third-order valence-electron chi connectivity index (χ3n) is 2.61. The van der Waals surface area contributed by atoms with Gasteiger partial charge in [-0.25, -0.2) is 17.7 Å². The molecule has 1 N–H and O–H groups in total. The molecule has 1 aromatic heterocycles. The molecular formula is C12H12BrClN4O2S. The SMILES string of the molecule is CN(C)S(=O)(=O)c1ccccc1Nc1nc(Cl)ncc1Br. The lowest BCUT2D eigenvalue weighted by molar-refractivity contribution is 0.521. The van der Waals surface area contributed by atoms with Crippen LogP contribution in [0.5, 0.6) is 0 Å². The Morgan fingerprint density at radius 3 is 2.62 bits per heavy atom. The van der Waals surface area contributed by atoms with Gasteiger partial charge < -0.3 is 5.32 Å². The van der Waals surface area contributed by atoms with Gasteiger partial charge in [0.1, 0.15) is 10.7 Å². The summed E-state index contributed by atoms with van der Waals surface area (Å²) in [6, 6.07) is 6.56. The molecule has 0 atom stereocenters. The Morgan fingerprint density at radius 1 is 1.29 bits per heavy atom. The number of nitrogens with one attached hydrogen (secondary N) is 1. The highest BCUT2D eigenvalue weighted by molar-refractivity contribution is 9.10. The molecule has 2 aromatic rings. The summed E-state index contributed by atoms with van der Waals surface area (Å²) in [6.07, 6.45) is 1.49. The van der Waals surface area contributed by atoms with Crippen LogP contribution in [-0.4, -0.2) is 36.8 Å². The highest BCUT2D eigenvalue weighted by Crippen LogP contribution is 2.29. The standard InChI is InChI=1S/C12H12BrClN4O2S/c1-18(2)21(19,20)10-6-4-3-5-9(10)16-11-8(13)7-15-12(14)17-11/h3-7H,1-2H3,(H,15,16,17). The van der Waals surface area contributed by atoms with Gasteiger partial charge in [0.05, 0.1) is 10.2 Å². The lowest BCUT2D eigenvalue weighted by atomic mass is 10.3. The maximum absolute atomic E-state index is 12.3. The average Bonchev–Trinajstić information content (AvgIpc) is 2.43. The third-order valence-corrected chi connectivity index (χ3v) is 5.25. The molecule has 0 radical (unpaired) electrons. The van der Waals surface area contributed by atoms with E-state index < -0.39 is 10.0 Å². The molecule has 9 heteroatoms. The van der Waals surface area contributed by atoms with Crippen LogP contribution in [0.2, 0.25) is 5.28 Å². The van der Waals surface area contributed by atoms with E-state index in [0.29, 0.717) is 16.0 Å². The molecule has 0 unspecified atom stereocenters. The van der Waals surface area contributed by atoms with Gasteiger partial charge in [-0.1, -0.05) is 12.1 Å². The van der Waals surface area contributed by atoms with Gasteiger partial charge in [-0.2, -0.15) is 4.98 Å². The summed E-state index contributed by atoms with van der Waals surface area (Å²) in [5.74, 6) is 0.386. The molecule has 0 fully saturated rings. The number of hydrogen-bond donors (Lipinski definition) is 1. The second-order valence-corrected chi connectivity index (χ2v) is 7.56. The van der Waals surface area contributed by atoms with E-state index in [-0.39, 0.29) is 10.2 Å². The van der Waals surface area contributed by atoms with Crippen molar-refractivity contribution in [1.29, 1.82) is 0 Å². The van der Waals surface area contributed by atoms with Crippen molar-refractivity contribution >= 4 is 49.1 Å². The normalized spacial score (nSPS) is 11.7. The first kappa shape index (κ1) is 16.2. The van der Waals surface area contributed by atoms with Gasteiger partial charge in [-0.3, -0.25) is 0 Å². The van der Waals surface area contributed by atoms with E-state index in [9.17, 15) is 8.42 Å². The smallest absolute Gasteiger partial charge is 0.244 e. The fraction of sp³-hybridized carbons (Fsp3) is 0.167. The number of para-hydroxylation sites is 1. The first-order chi connectivity index (χ1) is 9.82. The number of aromatic nitrogens is 2. The first-order valence-electron chi connectivity index (χ1n) is 5.79.